The standard InChI is InChI=1S/C23H22N8O3/c1-11-2-4-15-14(9-27-31-15)19(11)13-8-17(29-21(20(13)24)22(25)33)16-6-7-26-23(30-16)34-10-12-3-5-18(32)28-12/h2,4,6-9,12H,3,5,10,24H2,1H3,(H2,25,33)(H,27,31)(H,28,32). The van der Waals surface area contributed by atoms with Crippen LogP contribution in [0.15, 0.2) is 36.7 Å². The van der Waals surface area contributed by atoms with Crippen molar-refractivity contribution in [2.24, 2.45) is 5.73 Å². The molecule has 1 unspecified atom stereocenters. The lowest BCUT2D eigenvalue weighted by Crippen LogP contribution is -2.31. The van der Waals surface area contributed by atoms with Gasteiger partial charge in [0.05, 0.1) is 34.8 Å². The van der Waals surface area contributed by atoms with Crippen molar-refractivity contribution in [2.75, 3.05) is 12.3 Å². The van der Waals surface area contributed by atoms with Crippen LogP contribution in [0.5, 0.6) is 6.01 Å². The van der Waals surface area contributed by atoms with Crippen LogP contribution in [0.3, 0.4) is 0 Å². The maximum absolute atomic E-state index is 12.2. The maximum atomic E-state index is 12.2. The van der Waals surface area contributed by atoms with Crippen LogP contribution in [0, 0.1) is 6.92 Å². The third-order valence-corrected chi connectivity index (χ3v) is 5.79. The van der Waals surface area contributed by atoms with E-state index in [1.165, 1.54) is 6.20 Å². The number of aromatic nitrogens is 5. The molecule has 1 saturated heterocycles. The molecule has 1 fully saturated rings. The largest absolute Gasteiger partial charge is 0.461 e. The van der Waals surface area contributed by atoms with Gasteiger partial charge in [-0.05, 0) is 42.7 Å². The number of benzene rings is 1. The third kappa shape index (κ3) is 3.87. The van der Waals surface area contributed by atoms with E-state index in [9.17, 15) is 9.59 Å². The number of anilines is 1. The minimum atomic E-state index is -0.750. The number of nitrogens with one attached hydrogen (secondary N) is 2. The van der Waals surface area contributed by atoms with Gasteiger partial charge in [0.15, 0.2) is 5.69 Å². The van der Waals surface area contributed by atoms with E-state index in [-0.39, 0.29) is 35.9 Å². The molecule has 0 saturated carbocycles. The average molecular weight is 458 g/mol. The number of primary amides is 1. The first-order valence-corrected chi connectivity index (χ1v) is 10.7. The molecule has 0 bridgehead atoms. The minimum Gasteiger partial charge on any atom is -0.461 e. The van der Waals surface area contributed by atoms with E-state index < -0.39 is 5.91 Å². The fraction of sp³-hybridized carbons (Fsp3) is 0.217. The summed E-state index contributed by atoms with van der Waals surface area (Å²) in [7, 11) is 0. The topological polar surface area (TPSA) is 175 Å². The molecule has 11 nitrogen and oxygen atoms in total. The van der Waals surface area contributed by atoms with Crippen molar-refractivity contribution in [1.29, 1.82) is 0 Å². The van der Waals surface area contributed by atoms with E-state index >= 15 is 0 Å². The van der Waals surface area contributed by atoms with Crippen LogP contribution in [-0.2, 0) is 4.79 Å². The van der Waals surface area contributed by atoms with Gasteiger partial charge in [-0.15, -0.1) is 0 Å². The van der Waals surface area contributed by atoms with Crippen molar-refractivity contribution in [3.63, 3.8) is 0 Å². The average Bonchev–Trinajstić information content (AvgIpc) is 3.47. The van der Waals surface area contributed by atoms with Gasteiger partial charge >= 0.3 is 6.01 Å². The van der Waals surface area contributed by atoms with Crippen LogP contribution in [0.4, 0.5) is 5.69 Å². The number of aromatic amines is 1. The predicted octanol–water partition coefficient (Wildman–Crippen LogP) is 1.73. The SMILES string of the molecule is Cc1ccc2[nH]ncc2c1-c1cc(-c2ccnc(OCC3CCC(=O)N3)n2)nc(C(N)=O)c1N. The highest BCUT2D eigenvalue weighted by atomic mass is 16.5. The summed E-state index contributed by atoms with van der Waals surface area (Å²) in [5.74, 6) is -0.746. The van der Waals surface area contributed by atoms with Gasteiger partial charge in [-0.25, -0.2) is 9.97 Å². The Morgan fingerprint density at radius 3 is 2.85 bits per heavy atom. The van der Waals surface area contributed by atoms with Gasteiger partial charge in [0.1, 0.15) is 6.61 Å². The molecule has 0 aliphatic carbocycles. The number of ether oxygens (including phenoxy) is 1. The summed E-state index contributed by atoms with van der Waals surface area (Å²) in [5.41, 5.74) is 16.1. The van der Waals surface area contributed by atoms with Gasteiger partial charge in [-0.3, -0.25) is 14.7 Å². The summed E-state index contributed by atoms with van der Waals surface area (Å²) in [6.07, 6.45) is 4.42. The quantitative estimate of drug-likeness (QED) is 0.338. The highest BCUT2D eigenvalue weighted by Gasteiger charge is 2.23. The Morgan fingerprint density at radius 1 is 1.24 bits per heavy atom. The smallest absolute Gasteiger partial charge is 0.317 e. The molecule has 3 aromatic heterocycles. The Balaban J connectivity index is 1.57. The molecule has 172 valence electrons. The van der Waals surface area contributed by atoms with Crippen molar-refractivity contribution in [2.45, 2.75) is 25.8 Å². The summed E-state index contributed by atoms with van der Waals surface area (Å²) in [6, 6.07) is 7.34. The van der Waals surface area contributed by atoms with Gasteiger partial charge in [-0.2, -0.15) is 10.1 Å². The van der Waals surface area contributed by atoms with E-state index in [2.05, 4.69) is 30.5 Å². The fourth-order valence-electron chi connectivity index (χ4n) is 4.10. The number of amides is 2. The number of H-pyrrole nitrogens is 1. The minimum absolute atomic E-state index is 0.00351. The predicted molar refractivity (Wildman–Crippen MR) is 125 cm³/mol. The Morgan fingerprint density at radius 2 is 2.09 bits per heavy atom. The van der Waals surface area contributed by atoms with E-state index in [0.29, 0.717) is 29.8 Å². The fourth-order valence-corrected chi connectivity index (χ4v) is 4.10. The highest BCUT2D eigenvalue weighted by Crippen LogP contribution is 2.37. The molecule has 5 rings (SSSR count). The van der Waals surface area contributed by atoms with Crippen molar-refractivity contribution in [3.8, 4) is 28.5 Å². The Hall–Kier alpha value is -4.54. The van der Waals surface area contributed by atoms with Gasteiger partial charge < -0.3 is 21.5 Å². The number of nitrogens with zero attached hydrogens (tertiary/aromatic N) is 4. The molecule has 1 aliphatic rings. The molecule has 1 aliphatic heterocycles. The number of fused-ring (bicyclic) bond motifs is 1. The molecule has 4 aromatic rings. The number of hydrogen-bond acceptors (Lipinski definition) is 8. The number of hydrogen-bond donors (Lipinski definition) is 4. The lowest BCUT2D eigenvalue weighted by molar-refractivity contribution is -0.119. The lowest BCUT2D eigenvalue weighted by Gasteiger charge is -2.15. The number of carbonyl (C=O) groups excluding carboxylic acids is 2. The molecule has 0 radical (unpaired) electrons. The number of carbonyl (C=O) groups is 2. The molecule has 2 amide bonds. The first-order chi connectivity index (χ1) is 16.4. The van der Waals surface area contributed by atoms with E-state index in [4.69, 9.17) is 16.2 Å². The number of pyridine rings is 1. The van der Waals surface area contributed by atoms with Gasteiger partial charge in [0.2, 0.25) is 5.91 Å². The van der Waals surface area contributed by atoms with Crippen LogP contribution in [-0.4, -0.2) is 49.6 Å². The van der Waals surface area contributed by atoms with Gasteiger partial charge in [0.25, 0.3) is 5.91 Å². The van der Waals surface area contributed by atoms with Crippen LogP contribution >= 0.6 is 0 Å². The van der Waals surface area contributed by atoms with E-state index in [1.54, 1.807) is 18.3 Å². The van der Waals surface area contributed by atoms with Crippen LogP contribution in [0.25, 0.3) is 33.4 Å². The molecule has 4 heterocycles. The Kier molecular flexibility index (Phi) is 5.28. The second-order valence-corrected chi connectivity index (χ2v) is 8.11. The second-order valence-electron chi connectivity index (χ2n) is 8.11. The molecule has 34 heavy (non-hydrogen) atoms. The van der Waals surface area contributed by atoms with Crippen molar-refractivity contribution >= 4 is 28.4 Å². The lowest BCUT2D eigenvalue weighted by atomic mass is 9.94. The number of nitrogen functional groups attached to an aromatic ring is 1. The van der Waals surface area contributed by atoms with Crippen molar-refractivity contribution < 1.29 is 14.3 Å². The molecule has 0 spiro atoms. The number of nitrogens with two attached hydrogens (primary N) is 2. The summed E-state index contributed by atoms with van der Waals surface area (Å²) < 4.78 is 5.69. The Labute approximate surface area is 193 Å². The zero-order valence-corrected chi connectivity index (χ0v) is 18.3. The highest BCUT2D eigenvalue weighted by molar-refractivity contribution is 6.05. The molecule has 11 heteroatoms. The zero-order valence-electron chi connectivity index (χ0n) is 18.3. The van der Waals surface area contributed by atoms with Crippen LogP contribution in [0.1, 0.15) is 28.9 Å². The van der Waals surface area contributed by atoms with Gasteiger partial charge in [0, 0.05) is 23.6 Å². The van der Waals surface area contributed by atoms with Crippen molar-refractivity contribution in [1.82, 2.24) is 30.5 Å². The summed E-state index contributed by atoms with van der Waals surface area (Å²) in [4.78, 5) is 36.6. The van der Waals surface area contributed by atoms with E-state index in [1.807, 2.05) is 19.1 Å². The van der Waals surface area contributed by atoms with Gasteiger partial charge in [-0.1, -0.05) is 6.07 Å². The van der Waals surface area contributed by atoms with E-state index in [0.717, 1.165) is 22.0 Å². The first kappa shape index (κ1) is 21.3. The zero-order chi connectivity index (χ0) is 23.8. The summed E-state index contributed by atoms with van der Waals surface area (Å²) in [5, 5.41) is 10.8. The van der Waals surface area contributed by atoms with Crippen LogP contribution in [0.2, 0.25) is 0 Å². The Bertz CT molecular complexity index is 1430. The molecule has 6 N–H and O–H groups in total. The molecular formula is C23H22N8O3. The molecule has 1 aromatic carbocycles. The summed E-state index contributed by atoms with van der Waals surface area (Å²) in [6.45, 7) is 2.20. The number of aryl methyl sites for hydroxylation is 1. The molecular weight excluding hydrogens is 436 g/mol. The second kappa shape index (κ2) is 8.43. The molecule has 1 atom stereocenters. The maximum Gasteiger partial charge on any atom is 0.317 e. The van der Waals surface area contributed by atoms with Crippen LogP contribution < -0.4 is 21.5 Å². The normalized spacial score (nSPS) is 15.4. The van der Waals surface area contributed by atoms with Crippen molar-refractivity contribution in [3.05, 3.63) is 47.9 Å². The number of rotatable bonds is 6. The monoisotopic (exact) mass is 458 g/mol. The first-order valence-electron chi connectivity index (χ1n) is 10.7. The summed E-state index contributed by atoms with van der Waals surface area (Å²) >= 11 is 0. The third-order valence-electron chi connectivity index (χ3n) is 5.79.